The van der Waals surface area contributed by atoms with E-state index >= 15 is 0 Å². The van der Waals surface area contributed by atoms with Gasteiger partial charge in [0.2, 0.25) is 0 Å². The molecule has 3 heteroatoms. The molecule has 0 amide bonds. The third-order valence-electron chi connectivity index (χ3n) is 3.17. The van der Waals surface area contributed by atoms with Crippen LogP contribution in [0.25, 0.3) is 0 Å². The van der Waals surface area contributed by atoms with Crippen LogP contribution in [0.1, 0.15) is 43.4 Å². The molecular formula is C14H19NOS. The zero-order valence-electron chi connectivity index (χ0n) is 10.2. The van der Waals surface area contributed by atoms with E-state index in [4.69, 9.17) is 5.73 Å². The van der Waals surface area contributed by atoms with Gasteiger partial charge >= 0.3 is 0 Å². The molecule has 2 rings (SSSR count). The van der Waals surface area contributed by atoms with Gasteiger partial charge in [0.25, 0.3) is 0 Å². The second-order valence-corrected chi connectivity index (χ2v) is 5.80. The normalized spacial score (nSPS) is 16.4. The number of carbonyl (C=O) groups excluding carboxylic acids is 1. The first-order valence-corrected chi connectivity index (χ1v) is 7.16. The van der Waals surface area contributed by atoms with E-state index in [1.807, 2.05) is 11.8 Å². The van der Waals surface area contributed by atoms with Crippen molar-refractivity contribution >= 4 is 17.5 Å². The molecule has 17 heavy (non-hydrogen) atoms. The highest BCUT2D eigenvalue weighted by Crippen LogP contribution is 2.32. The number of thioether (sulfide) groups is 1. The number of Topliss-reactive ketones (excluding diaryl/α,β-unsaturated/α-hetero) is 1. The molecule has 1 aliphatic rings. The fourth-order valence-corrected chi connectivity index (χ4v) is 3.16. The minimum atomic E-state index is -0.00359. The highest BCUT2D eigenvalue weighted by Gasteiger charge is 2.13. The third-order valence-corrected chi connectivity index (χ3v) is 4.37. The lowest BCUT2D eigenvalue weighted by molar-refractivity contribution is -0.117. The number of carbonyl (C=O) groups is 1. The molecule has 0 aliphatic carbocycles. The number of fused-ring (bicyclic) bond motifs is 1. The maximum Gasteiger partial charge on any atom is 0.129 e. The summed E-state index contributed by atoms with van der Waals surface area (Å²) in [6, 6.07) is 6.52. The molecule has 1 aliphatic heterocycles. The number of aryl methyl sites for hydroxylation is 1. The predicted molar refractivity (Wildman–Crippen MR) is 72.3 cm³/mol. The first kappa shape index (κ1) is 12.7. The Bertz CT molecular complexity index is 417. The van der Waals surface area contributed by atoms with Crippen LogP contribution in [0.4, 0.5) is 0 Å². The number of rotatable bonds is 4. The van der Waals surface area contributed by atoms with Crippen LogP contribution in [0.5, 0.6) is 0 Å². The average molecular weight is 249 g/mol. The first-order chi connectivity index (χ1) is 8.16. The minimum absolute atomic E-state index is 0.00359. The van der Waals surface area contributed by atoms with Gasteiger partial charge in [-0.2, -0.15) is 0 Å². The van der Waals surface area contributed by atoms with Gasteiger partial charge in [0.05, 0.1) is 0 Å². The Balaban J connectivity index is 2.08. The summed E-state index contributed by atoms with van der Waals surface area (Å²) < 4.78 is 0. The van der Waals surface area contributed by atoms with Crippen LogP contribution in [-0.4, -0.2) is 11.5 Å². The van der Waals surface area contributed by atoms with E-state index in [1.54, 1.807) is 6.92 Å². The van der Waals surface area contributed by atoms with Crippen molar-refractivity contribution in [3.63, 3.8) is 0 Å². The smallest absolute Gasteiger partial charge is 0.129 e. The van der Waals surface area contributed by atoms with E-state index in [9.17, 15) is 4.79 Å². The van der Waals surface area contributed by atoms with Crippen LogP contribution in [0.3, 0.4) is 0 Å². The van der Waals surface area contributed by atoms with Crippen molar-refractivity contribution in [1.29, 1.82) is 0 Å². The molecule has 2 N–H and O–H groups in total. The van der Waals surface area contributed by atoms with Crippen molar-refractivity contribution in [1.82, 2.24) is 0 Å². The monoisotopic (exact) mass is 249 g/mol. The highest BCUT2D eigenvalue weighted by molar-refractivity contribution is 7.99. The average Bonchev–Trinajstić information content (AvgIpc) is 2.35. The van der Waals surface area contributed by atoms with Gasteiger partial charge in [-0.05, 0) is 49.1 Å². The first-order valence-electron chi connectivity index (χ1n) is 6.17. The zero-order valence-corrected chi connectivity index (χ0v) is 11.1. The minimum Gasteiger partial charge on any atom is -0.324 e. The molecule has 0 radical (unpaired) electrons. The van der Waals surface area contributed by atoms with Crippen LogP contribution in [-0.2, 0) is 11.2 Å². The summed E-state index contributed by atoms with van der Waals surface area (Å²) in [4.78, 5) is 12.4. The lowest BCUT2D eigenvalue weighted by atomic mass is 9.98. The standard InChI is InChI=1S/C14H19NOS/c1-10(16)4-6-13(15)11-5-7-14-12(9-11)3-2-8-17-14/h5,7,9,13H,2-4,6,8,15H2,1H3. The highest BCUT2D eigenvalue weighted by atomic mass is 32.2. The Kier molecular flexibility index (Phi) is 4.24. The summed E-state index contributed by atoms with van der Waals surface area (Å²) in [7, 11) is 0. The summed E-state index contributed by atoms with van der Waals surface area (Å²) in [5.74, 6) is 1.44. The molecule has 1 unspecified atom stereocenters. The van der Waals surface area contributed by atoms with Crippen molar-refractivity contribution in [2.45, 2.75) is 43.5 Å². The van der Waals surface area contributed by atoms with Gasteiger partial charge in [0.15, 0.2) is 0 Å². The summed E-state index contributed by atoms with van der Waals surface area (Å²) in [6.45, 7) is 1.62. The number of nitrogens with two attached hydrogens (primary N) is 1. The zero-order chi connectivity index (χ0) is 12.3. The van der Waals surface area contributed by atoms with E-state index in [-0.39, 0.29) is 11.8 Å². The van der Waals surface area contributed by atoms with Gasteiger partial charge < -0.3 is 10.5 Å². The van der Waals surface area contributed by atoms with Gasteiger partial charge in [0.1, 0.15) is 5.78 Å². The van der Waals surface area contributed by atoms with Crippen LogP contribution in [0, 0.1) is 0 Å². The maximum absolute atomic E-state index is 11.0. The molecule has 92 valence electrons. The maximum atomic E-state index is 11.0. The predicted octanol–water partition coefficient (Wildman–Crippen LogP) is 3.09. The Morgan fingerprint density at radius 1 is 1.53 bits per heavy atom. The lowest BCUT2D eigenvalue weighted by Crippen LogP contribution is -2.12. The quantitative estimate of drug-likeness (QED) is 0.891. The fraction of sp³-hybridized carbons (Fsp3) is 0.500. The SMILES string of the molecule is CC(=O)CCC(N)c1ccc2c(c1)CCCS2. The molecule has 0 aromatic heterocycles. The molecule has 2 nitrogen and oxygen atoms in total. The van der Waals surface area contributed by atoms with Crippen molar-refractivity contribution < 1.29 is 4.79 Å². The molecule has 0 saturated carbocycles. The van der Waals surface area contributed by atoms with Gasteiger partial charge in [-0.1, -0.05) is 12.1 Å². The number of ketones is 1. The molecule has 1 atom stereocenters. The Morgan fingerprint density at radius 3 is 3.12 bits per heavy atom. The Labute approximate surface area is 107 Å². The molecule has 1 heterocycles. The van der Waals surface area contributed by atoms with Crippen molar-refractivity contribution in [3.05, 3.63) is 29.3 Å². The van der Waals surface area contributed by atoms with E-state index < -0.39 is 0 Å². The molecule has 1 aromatic rings. The topological polar surface area (TPSA) is 43.1 Å². The third kappa shape index (κ3) is 3.33. The van der Waals surface area contributed by atoms with Crippen molar-refractivity contribution in [2.24, 2.45) is 5.73 Å². The second-order valence-electron chi connectivity index (χ2n) is 4.67. The lowest BCUT2D eigenvalue weighted by Gasteiger charge is -2.18. The van der Waals surface area contributed by atoms with Gasteiger partial charge in [-0.15, -0.1) is 11.8 Å². The van der Waals surface area contributed by atoms with Gasteiger partial charge in [-0.3, -0.25) is 0 Å². The summed E-state index contributed by atoms with van der Waals surface area (Å²) >= 11 is 1.93. The number of hydrogen-bond acceptors (Lipinski definition) is 3. The van der Waals surface area contributed by atoms with E-state index in [2.05, 4.69) is 18.2 Å². The van der Waals surface area contributed by atoms with E-state index in [0.717, 1.165) is 12.8 Å². The van der Waals surface area contributed by atoms with Gasteiger partial charge in [0, 0.05) is 17.4 Å². The second kappa shape index (κ2) is 5.69. The molecule has 0 spiro atoms. The molecule has 0 bridgehead atoms. The largest absolute Gasteiger partial charge is 0.324 e. The summed E-state index contributed by atoms with van der Waals surface area (Å²) in [6.07, 6.45) is 3.74. The Hall–Kier alpha value is -0.800. The fourth-order valence-electron chi connectivity index (χ4n) is 2.14. The van der Waals surface area contributed by atoms with E-state index in [1.165, 1.54) is 28.2 Å². The summed E-state index contributed by atoms with van der Waals surface area (Å²) in [5, 5.41) is 0. The number of hydrogen-bond donors (Lipinski definition) is 1. The van der Waals surface area contributed by atoms with Crippen molar-refractivity contribution in [2.75, 3.05) is 5.75 Å². The number of benzene rings is 1. The van der Waals surface area contributed by atoms with Crippen LogP contribution < -0.4 is 5.73 Å². The van der Waals surface area contributed by atoms with Crippen LogP contribution in [0.2, 0.25) is 0 Å². The van der Waals surface area contributed by atoms with E-state index in [0.29, 0.717) is 6.42 Å². The molecule has 0 saturated heterocycles. The molecule has 0 fully saturated rings. The Morgan fingerprint density at radius 2 is 2.35 bits per heavy atom. The summed E-state index contributed by atoms with van der Waals surface area (Å²) in [5.41, 5.74) is 8.72. The molecule has 1 aromatic carbocycles. The van der Waals surface area contributed by atoms with Gasteiger partial charge in [-0.25, -0.2) is 0 Å². The van der Waals surface area contributed by atoms with Crippen LogP contribution >= 0.6 is 11.8 Å². The van der Waals surface area contributed by atoms with Crippen LogP contribution in [0.15, 0.2) is 23.1 Å². The molecular weight excluding hydrogens is 230 g/mol. The van der Waals surface area contributed by atoms with Crippen molar-refractivity contribution in [3.8, 4) is 0 Å².